The fourth-order valence-corrected chi connectivity index (χ4v) is 2.52. The number of hydrogen-bond acceptors (Lipinski definition) is 2. The Morgan fingerprint density at radius 1 is 0.808 bits per heavy atom. The van der Waals surface area contributed by atoms with Crippen molar-refractivity contribution in [3.8, 4) is 0 Å². The van der Waals surface area contributed by atoms with E-state index in [4.69, 9.17) is 0 Å². The molecule has 0 aromatic heterocycles. The van der Waals surface area contributed by atoms with Gasteiger partial charge in [0.05, 0.1) is 5.56 Å². The Bertz CT molecular complexity index is 877. The third kappa shape index (κ3) is 4.66. The zero-order valence-electron chi connectivity index (χ0n) is 14.0. The van der Waals surface area contributed by atoms with Gasteiger partial charge in [-0.3, -0.25) is 4.79 Å². The number of carbonyl (C=O) groups is 1. The lowest BCUT2D eigenvalue weighted by atomic mass is 10.1. The van der Waals surface area contributed by atoms with Crippen LogP contribution in [0.5, 0.6) is 0 Å². The average molecular weight is 352 g/mol. The molecule has 1 amide bonds. The van der Waals surface area contributed by atoms with Gasteiger partial charge in [0.2, 0.25) is 0 Å². The highest BCUT2D eigenvalue weighted by molar-refractivity contribution is 6.04. The maximum absolute atomic E-state index is 13.6. The van der Waals surface area contributed by atoms with Crippen molar-refractivity contribution >= 4 is 17.3 Å². The molecule has 0 aliphatic rings. The van der Waals surface area contributed by atoms with Gasteiger partial charge in [-0.25, -0.2) is 8.78 Å². The number of halogens is 2. The molecule has 0 aliphatic carbocycles. The number of rotatable bonds is 6. The van der Waals surface area contributed by atoms with Crippen LogP contribution in [0.25, 0.3) is 0 Å². The van der Waals surface area contributed by atoms with E-state index in [0.29, 0.717) is 12.2 Å². The fourth-order valence-electron chi connectivity index (χ4n) is 2.52. The molecule has 0 atom stereocenters. The van der Waals surface area contributed by atoms with Crippen LogP contribution in [0.3, 0.4) is 0 Å². The summed E-state index contributed by atoms with van der Waals surface area (Å²) in [6.07, 6.45) is 0.770. The zero-order chi connectivity index (χ0) is 18.4. The molecule has 3 rings (SSSR count). The molecule has 5 heteroatoms. The second-order valence-corrected chi connectivity index (χ2v) is 5.81. The molecule has 2 N–H and O–H groups in total. The van der Waals surface area contributed by atoms with Gasteiger partial charge in [-0.05, 0) is 60.5 Å². The van der Waals surface area contributed by atoms with Gasteiger partial charge in [-0.15, -0.1) is 0 Å². The zero-order valence-corrected chi connectivity index (χ0v) is 14.0. The summed E-state index contributed by atoms with van der Waals surface area (Å²) >= 11 is 0. The van der Waals surface area contributed by atoms with Gasteiger partial charge in [-0.2, -0.15) is 0 Å². The van der Waals surface area contributed by atoms with Crippen LogP contribution < -0.4 is 10.6 Å². The Morgan fingerprint density at radius 2 is 1.46 bits per heavy atom. The summed E-state index contributed by atoms with van der Waals surface area (Å²) in [6.45, 7) is 0.701. The first-order valence-electron chi connectivity index (χ1n) is 8.26. The third-order valence-corrected chi connectivity index (χ3v) is 3.92. The molecule has 0 bridgehead atoms. The summed E-state index contributed by atoms with van der Waals surface area (Å²) in [4.78, 5) is 12.1. The van der Waals surface area contributed by atoms with Crippen LogP contribution in [0.2, 0.25) is 0 Å². The van der Waals surface area contributed by atoms with Gasteiger partial charge in [-0.1, -0.05) is 24.3 Å². The predicted molar refractivity (Wildman–Crippen MR) is 99.4 cm³/mol. The van der Waals surface area contributed by atoms with Crippen molar-refractivity contribution in [2.24, 2.45) is 0 Å². The molecule has 0 fully saturated rings. The number of anilines is 2. The molecule has 0 radical (unpaired) electrons. The number of hydrogen-bond donors (Lipinski definition) is 2. The summed E-state index contributed by atoms with van der Waals surface area (Å²) in [5.74, 6) is -1.28. The molecular formula is C21H18F2N2O. The molecule has 0 spiro atoms. The van der Waals surface area contributed by atoms with E-state index in [1.165, 1.54) is 24.3 Å². The lowest BCUT2D eigenvalue weighted by molar-refractivity contribution is 0.102. The molecule has 0 aliphatic heterocycles. The standard InChI is InChI=1S/C21H18F2N2O/c22-16-7-5-15(6-8-16)13-14-24-17-9-11-18(12-10-17)25-21(26)19-3-1-2-4-20(19)23/h1-12,24H,13-14H2,(H,25,26). The Morgan fingerprint density at radius 3 is 2.15 bits per heavy atom. The van der Waals surface area contributed by atoms with E-state index in [2.05, 4.69) is 10.6 Å². The smallest absolute Gasteiger partial charge is 0.258 e. The first-order chi connectivity index (χ1) is 12.6. The van der Waals surface area contributed by atoms with E-state index in [0.717, 1.165) is 17.7 Å². The molecule has 0 unspecified atom stereocenters. The highest BCUT2D eigenvalue weighted by Gasteiger charge is 2.10. The molecule has 0 saturated heterocycles. The molecule has 26 heavy (non-hydrogen) atoms. The highest BCUT2D eigenvalue weighted by atomic mass is 19.1. The number of carbonyl (C=O) groups excluding carboxylic acids is 1. The van der Waals surface area contributed by atoms with Crippen LogP contribution in [0, 0.1) is 11.6 Å². The molecule has 3 aromatic carbocycles. The average Bonchev–Trinajstić information content (AvgIpc) is 2.65. The van der Waals surface area contributed by atoms with Gasteiger partial charge in [0.1, 0.15) is 11.6 Å². The van der Waals surface area contributed by atoms with Crippen LogP contribution >= 0.6 is 0 Å². The van der Waals surface area contributed by atoms with Gasteiger partial charge >= 0.3 is 0 Å². The Kier molecular flexibility index (Phi) is 5.59. The van der Waals surface area contributed by atoms with E-state index in [1.54, 1.807) is 36.4 Å². The first-order valence-corrected chi connectivity index (χ1v) is 8.26. The van der Waals surface area contributed by atoms with Gasteiger partial charge in [0.25, 0.3) is 5.91 Å². The number of nitrogens with one attached hydrogen (secondary N) is 2. The summed E-state index contributed by atoms with van der Waals surface area (Å²) in [5.41, 5.74) is 2.54. The van der Waals surface area contributed by atoms with Crippen LogP contribution in [0.15, 0.2) is 72.8 Å². The van der Waals surface area contributed by atoms with Crippen molar-refractivity contribution in [2.45, 2.75) is 6.42 Å². The first kappa shape index (κ1) is 17.6. The normalized spacial score (nSPS) is 10.4. The minimum Gasteiger partial charge on any atom is -0.385 e. The van der Waals surface area contributed by atoms with Gasteiger partial charge in [0.15, 0.2) is 0 Å². The summed E-state index contributed by atoms with van der Waals surface area (Å²) < 4.78 is 26.5. The van der Waals surface area contributed by atoms with Crippen molar-refractivity contribution in [3.63, 3.8) is 0 Å². The topological polar surface area (TPSA) is 41.1 Å². The second kappa shape index (κ2) is 8.25. The molecule has 0 saturated carbocycles. The summed E-state index contributed by atoms with van der Waals surface area (Å²) in [6, 6.07) is 19.4. The molecule has 0 heterocycles. The maximum atomic E-state index is 13.6. The number of amides is 1. The second-order valence-electron chi connectivity index (χ2n) is 5.81. The fraction of sp³-hybridized carbons (Fsp3) is 0.0952. The predicted octanol–water partition coefficient (Wildman–Crippen LogP) is 4.87. The SMILES string of the molecule is O=C(Nc1ccc(NCCc2ccc(F)cc2)cc1)c1ccccc1F. The van der Waals surface area contributed by atoms with Crippen LogP contribution in [-0.2, 0) is 6.42 Å². The minimum atomic E-state index is -0.552. The molecule has 3 nitrogen and oxygen atoms in total. The van der Waals surface area contributed by atoms with E-state index in [9.17, 15) is 13.6 Å². The van der Waals surface area contributed by atoms with Crippen molar-refractivity contribution in [3.05, 3.63) is 95.6 Å². The largest absolute Gasteiger partial charge is 0.385 e. The van der Waals surface area contributed by atoms with Gasteiger partial charge < -0.3 is 10.6 Å². The minimum absolute atomic E-state index is 0.00833. The van der Waals surface area contributed by atoms with Crippen molar-refractivity contribution < 1.29 is 13.6 Å². The van der Waals surface area contributed by atoms with Crippen LogP contribution in [-0.4, -0.2) is 12.5 Å². The maximum Gasteiger partial charge on any atom is 0.258 e. The summed E-state index contributed by atoms with van der Waals surface area (Å²) in [5, 5.41) is 5.93. The highest BCUT2D eigenvalue weighted by Crippen LogP contribution is 2.16. The van der Waals surface area contributed by atoms with Crippen molar-refractivity contribution in [2.75, 3.05) is 17.2 Å². The van der Waals surface area contributed by atoms with E-state index in [-0.39, 0.29) is 11.4 Å². The molecule has 132 valence electrons. The third-order valence-electron chi connectivity index (χ3n) is 3.92. The number of benzene rings is 3. The monoisotopic (exact) mass is 352 g/mol. The lowest BCUT2D eigenvalue weighted by Crippen LogP contribution is -2.13. The van der Waals surface area contributed by atoms with Crippen molar-refractivity contribution in [1.82, 2.24) is 0 Å². The van der Waals surface area contributed by atoms with Crippen LogP contribution in [0.4, 0.5) is 20.2 Å². The van der Waals surface area contributed by atoms with Gasteiger partial charge in [0, 0.05) is 17.9 Å². The van der Waals surface area contributed by atoms with Crippen molar-refractivity contribution in [1.29, 1.82) is 0 Å². The van der Waals surface area contributed by atoms with E-state index < -0.39 is 11.7 Å². The van der Waals surface area contributed by atoms with E-state index >= 15 is 0 Å². The molecular weight excluding hydrogens is 334 g/mol. The molecule has 3 aromatic rings. The lowest BCUT2D eigenvalue weighted by Gasteiger charge is -2.09. The Balaban J connectivity index is 1.52. The summed E-state index contributed by atoms with van der Waals surface area (Å²) in [7, 11) is 0. The van der Waals surface area contributed by atoms with Crippen LogP contribution in [0.1, 0.15) is 15.9 Å². The Labute approximate surface area is 150 Å². The Hall–Kier alpha value is -3.21. The quantitative estimate of drug-likeness (QED) is 0.664. The van der Waals surface area contributed by atoms with E-state index in [1.807, 2.05) is 12.1 Å².